The average Bonchev–Trinajstić information content (AvgIpc) is 2.69. The summed E-state index contributed by atoms with van der Waals surface area (Å²) in [5.41, 5.74) is 7.32. The number of anilines is 1. The third-order valence-electron chi connectivity index (χ3n) is 2.72. The fourth-order valence-corrected chi connectivity index (χ4v) is 1.86. The van der Waals surface area contributed by atoms with Crippen LogP contribution in [0.2, 0.25) is 0 Å². The molecule has 1 aromatic carbocycles. The molecule has 5 nitrogen and oxygen atoms in total. The third kappa shape index (κ3) is 2.89. The Morgan fingerprint density at radius 3 is 2.83 bits per heavy atom. The molecule has 0 radical (unpaired) electrons. The highest BCUT2D eigenvalue weighted by atomic mass is 32.1. The van der Waals surface area contributed by atoms with Crippen molar-refractivity contribution >= 4 is 29.1 Å². The lowest BCUT2D eigenvalue weighted by molar-refractivity contribution is 0.143. The summed E-state index contributed by atoms with van der Waals surface area (Å²) >= 11 is 4.71. The van der Waals surface area contributed by atoms with E-state index in [4.69, 9.17) is 22.7 Å². The first kappa shape index (κ1) is 12.6. The summed E-state index contributed by atoms with van der Waals surface area (Å²) in [7, 11) is 0. The molecule has 18 heavy (non-hydrogen) atoms. The van der Waals surface area contributed by atoms with Gasteiger partial charge in [-0.2, -0.15) is 0 Å². The van der Waals surface area contributed by atoms with Crippen molar-refractivity contribution in [1.82, 2.24) is 5.32 Å². The van der Waals surface area contributed by atoms with E-state index in [0.717, 1.165) is 11.3 Å². The minimum atomic E-state index is -0.339. The molecule has 0 aromatic heterocycles. The maximum Gasteiger partial charge on any atom is 0.414 e. The van der Waals surface area contributed by atoms with Crippen LogP contribution in [0, 0.1) is 6.92 Å². The number of carbonyl (C=O) groups is 1. The monoisotopic (exact) mass is 265 g/mol. The Bertz CT molecular complexity index is 461. The number of nitrogens with two attached hydrogens (primary N) is 1. The van der Waals surface area contributed by atoms with E-state index in [1.54, 1.807) is 4.90 Å². The van der Waals surface area contributed by atoms with Gasteiger partial charge in [0.2, 0.25) is 0 Å². The van der Waals surface area contributed by atoms with Gasteiger partial charge >= 0.3 is 6.09 Å². The Labute approximate surface area is 111 Å². The van der Waals surface area contributed by atoms with Crippen molar-refractivity contribution in [3.8, 4) is 0 Å². The van der Waals surface area contributed by atoms with Crippen molar-refractivity contribution < 1.29 is 9.53 Å². The first-order valence-electron chi connectivity index (χ1n) is 5.64. The molecule has 0 spiro atoms. The predicted molar refractivity (Wildman–Crippen MR) is 73.6 cm³/mol. The van der Waals surface area contributed by atoms with Gasteiger partial charge in [0.15, 0.2) is 5.11 Å². The van der Waals surface area contributed by atoms with E-state index in [-0.39, 0.29) is 17.3 Å². The van der Waals surface area contributed by atoms with Gasteiger partial charge in [0.05, 0.1) is 13.1 Å². The van der Waals surface area contributed by atoms with Gasteiger partial charge in [-0.05, 0) is 31.3 Å². The summed E-state index contributed by atoms with van der Waals surface area (Å²) in [6.45, 7) is 2.93. The highest BCUT2D eigenvalue weighted by Gasteiger charge is 2.32. The zero-order valence-corrected chi connectivity index (χ0v) is 10.9. The zero-order valence-electron chi connectivity index (χ0n) is 10.1. The van der Waals surface area contributed by atoms with Gasteiger partial charge in [-0.25, -0.2) is 4.79 Å². The van der Waals surface area contributed by atoms with Gasteiger partial charge < -0.3 is 15.8 Å². The van der Waals surface area contributed by atoms with Crippen molar-refractivity contribution in [2.45, 2.75) is 13.0 Å². The number of carbonyl (C=O) groups excluding carboxylic acids is 1. The Balaban J connectivity index is 2.00. The van der Waals surface area contributed by atoms with Crippen LogP contribution in [0.15, 0.2) is 24.3 Å². The van der Waals surface area contributed by atoms with Crippen LogP contribution in [0.4, 0.5) is 10.5 Å². The maximum atomic E-state index is 11.7. The summed E-state index contributed by atoms with van der Waals surface area (Å²) < 4.78 is 5.22. The largest absolute Gasteiger partial charge is 0.442 e. The molecule has 0 unspecified atom stereocenters. The molecule has 1 atom stereocenters. The van der Waals surface area contributed by atoms with Crippen molar-refractivity contribution in [2.75, 3.05) is 18.0 Å². The molecule has 0 aliphatic carbocycles. The summed E-state index contributed by atoms with van der Waals surface area (Å²) in [6.07, 6.45) is -0.575. The summed E-state index contributed by atoms with van der Waals surface area (Å²) in [5, 5.41) is 3.00. The minimum absolute atomic E-state index is 0.208. The van der Waals surface area contributed by atoms with Crippen LogP contribution in [0.1, 0.15) is 5.56 Å². The van der Waals surface area contributed by atoms with Crippen LogP contribution in [0.3, 0.4) is 0 Å². The Morgan fingerprint density at radius 2 is 2.22 bits per heavy atom. The Hall–Kier alpha value is -1.82. The molecule has 2 rings (SSSR count). The summed E-state index contributed by atoms with van der Waals surface area (Å²) in [6, 6.07) is 7.73. The number of nitrogens with zero attached hydrogens (tertiary/aromatic N) is 1. The topological polar surface area (TPSA) is 67.6 Å². The Morgan fingerprint density at radius 1 is 1.56 bits per heavy atom. The van der Waals surface area contributed by atoms with Crippen LogP contribution in [0.5, 0.6) is 0 Å². The second-order valence-electron chi connectivity index (χ2n) is 4.20. The first-order chi connectivity index (χ1) is 8.56. The van der Waals surface area contributed by atoms with Crippen LogP contribution in [0.25, 0.3) is 0 Å². The Kier molecular flexibility index (Phi) is 3.66. The smallest absolute Gasteiger partial charge is 0.414 e. The average molecular weight is 265 g/mol. The van der Waals surface area contributed by atoms with E-state index >= 15 is 0 Å². The fraction of sp³-hybridized carbons (Fsp3) is 0.333. The molecule has 3 N–H and O–H groups in total. The SMILES string of the molecule is Cc1ccc(N2C[C@H](CNC(N)=S)OC2=O)cc1. The van der Waals surface area contributed by atoms with Crippen LogP contribution in [-0.2, 0) is 4.74 Å². The number of rotatable bonds is 3. The molecule has 1 saturated heterocycles. The number of benzene rings is 1. The summed E-state index contributed by atoms with van der Waals surface area (Å²) in [5.74, 6) is 0. The summed E-state index contributed by atoms with van der Waals surface area (Å²) in [4.78, 5) is 13.3. The second-order valence-corrected chi connectivity index (χ2v) is 4.64. The van der Waals surface area contributed by atoms with E-state index in [9.17, 15) is 4.79 Å². The first-order valence-corrected chi connectivity index (χ1v) is 6.05. The second kappa shape index (κ2) is 5.22. The molecule has 1 amide bonds. The van der Waals surface area contributed by atoms with Crippen molar-refractivity contribution in [3.05, 3.63) is 29.8 Å². The molecule has 1 aromatic rings. The molecule has 96 valence electrons. The number of cyclic esters (lactones) is 1. The fourth-order valence-electron chi connectivity index (χ4n) is 1.78. The molecule has 1 fully saturated rings. The number of amides is 1. The number of thiocarbonyl (C=S) groups is 1. The standard InChI is InChI=1S/C12H15N3O2S/c1-8-2-4-9(5-3-8)15-7-10(17-12(15)16)6-14-11(13)18/h2-5,10H,6-7H2,1H3,(H3,13,14,18)/t10-/m0/s1. The van der Waals surface area contributed by atoms with Crippen LogP contribution >= 0.6 is 12.2 Å². The van der Waals surface area contributed by atoms with Crippen molar-refractivity contribution in [1.29, 1.82) is 0 Å². The van der Waals surface area contributed by atoms with Gasteiger partial charge in [-0.15, -0.1) is 0 Å². The van der Waals surface area contributed by atoms with Gasteiger partial charge in [-0.3, -0.25) is 4.90 Å². The highest BCUT2D eigenvalue weighted by molar-refractivity contribution is 7.80. The van der Waals surface area contributed by atoms with Crippen LogP contribution in [-0.4, -0.2) is 30.4 Å². The van der Waals surface area contributed by atoms with Gasteiger partial charge in [0.25, 0.3) is 0 Å². The molecule has 1 aliphatic rings. The molecule has 1 aliphatic heterocycles. The lowest BCUT2D eigenvalue weighted by atomic mass is 10.2. The molecule has 6 heteroatoms. The van der Waals surface area contributed by atoms with Crippen LogP contribution < -0.4 is 16.0 Å². The molecular formula is C12H15N3O2S. The van der Waals surface area contributed by atoms with Crippen molar-refractivity contribution in [2.24, 2.45) is 5.73 Å². The van der Waals surface area contributed by atoms with Gasteiger partial charge in [-0.1, -0.05) is 17.7 Å². The quantitative estimate of drug-likeness (QED) is 0.803. The number of aryl methyl sites for hydroxylation is 1. The lowest BCUT2D eigenvalue weighted by Crippen LogP contribution is -2.37. The number of hydrogen-bond acceptors (Lipinski definition) is 3. The molecule has 1 heterocycles. The minimum Gasteiger partial charge on any atom is -0.442 e. The van der Waals surface area contributed by atoms with E-state index in [1.165, 1.54) is 0 Å². The highest BCUT2D eigenvalue weighted by Crippen LogP contribution is 2.21. The van der Waals surface area contributed by atoms with E-state index < -0.39 is 0 Å². The van der Waals surface area contributed by atoms with E-state index in [0.29, 0.717) is 13.1 Å². The molecule has 0 saturated carbocycles. The molecule has 0 bridgehead atoms. The third-order valence-corrected chi connectivity index (χ3v) is 2.87. The number of ether oxygens (including phenoxy) is 1. The predicted octanol–water partition coefficient (Wildman–Crippen LogP) is 1.15. The number of nitrogens with one attached hydrogen (secondary N) is 1. The molecular weight excluding hydrogens is 250 g/mol. The normalized spacial score (nSPS) is 18.6. The lowest BCUT2D eigenvalue weighted by Gasteiger charge is -2.13. The van der Waals surface area contributed by atoms with E-state index in [1.807, 2.05) is 31.2 Å². The van der Waals surface area contributed by atoms with Gasteiger partial charge in [0, 0.05) is 5.69 Å². The maximum absolute atomic E-state index is 11.7. The van der Waals surface area contributed by atoms with Crippen molar-refractivity contribution in [3.63, 3.8) is 0 Å². The zero-order chi connectivity index (χ0) is 13.1. The van der Waals surface area contributed by atoms with Gasteiger partial charge in [0.1, 0.15) is 6.10 Å². The number of hydrogen-bond donors (Lipinski definition) is 2. The van der Waals surface area contributed by atoms with E-state index in [2.05, 4.69) is 5.32 Å².